The number of rotatable bonds is 5. The van der Waals surface area contributed by atoms with Gasteiger partial charge in [-0.2, -0.15) is 5.10 Å². The number of fused-ring (bicyclic) bond motifs is 1. The Bertz CT molecular complexity index is 422. The van der Waals surface area contributed by atoms with Crippen LogP contribution in [0.5, 0.6) is 0 Å². The summed E-state index contributed by atoms with van der Waals surface area (Å²) in [6.45, 7) is 3.13. The molecule has 0 aliphatic carbocycles. The summed E-state index contributed by atoms with van der Waals surface area (Å²) >= 11 is 0. The number of unbranched alkanes of at least 4 members (excludes halogenated alkanes) is 2. The van der Waals surface area contributed by atoms with Gasteiger partial charge >= 0.3 is 0 Å². The van der Waals surface area contributed by atoms with Crippen molar-refractivity contribution in [1.82, 2.24) is 20.2 Å². The summed E-state index contributed by atoms with van der Waals surface area (Å²) in [6.07, 6.45) is 6.90. The zero-order chi connectivity index (χ0) is 10.5. The number of anilines is 1. The van der Waals surface area contributed by atoms with Gasteiger partial charge in [0.25, 0.3) is 0 Å². The van der Waals surface area contributed by atoms with Crippen molar-refractivity contribution in [3.05, 3.63) is 12.5 Å². The lowest BCUT2D eigenvalue weighted by molar-refractivity contribution is 0.742. The van der Waals surface area contributed by atoms with E-state index < -0.39 is 0 Å². The lowest BCUT2D eigenvalue weighted by Crippen LogP contribution is -2.02. The molecule has 0 fully saturated rings. The Morgan fingerprint density at radius 3 is 3.20 bits per heavy atom. The summed E-state index contributed by atoms with van der Waals surface area (Å²) in [7, 11) is 0. The summed E-state index contributed by atoms with van der Waals surface area (Å²) in [5.74, 6) is 0.823. The third kappa shape index (κ3) is 2.23. The predicted octanol–water partition coefficient (Wildman–Crippen LogP) is 1.95. The fraction of sp³-hybridized carbons (Fsp3) is 0.500. The first-order valence-electron chi connectivity index (χ1n) is 5.29. The third-order valence-electron chi connectivity index (χ3n) is 2.30. The first-order valence-corrected chi connectivity index (χ1v) is 5.29. The van der Waals surface area contributed by atoms with E-state index in [2.05, 4.69) is 32.4 Å². The molecule has 15 heavy (non-hydrogen) atoms. The number of hydrogen-bond acceptors (Lipinski definition) is 4. The van der Waals surface area contributed by atoms with Crippen molar-refractivity contribution in [2.75, 3.05) is 11.9 Å². The molecule has 2 heterocycles. The van der Waals surface area contributed by atoms with Crippen LogP contribution in [-0.2, 0) is 0 Å². The average Bonchev–Trinajstić information content (AvgIpc) is 2.68. The topological polar surface area (TPSA) is 66.5 Å². The average molecular weight is 205 g/mol. The second kappa shape index (κ2) is 4.72. The van der Waals surface area contributed by atoms with Gasteiger partial charge < -0.3 is 5.32 Å². The molecule has 5 heteroatoms. The van der Waals surface area contributed by atoms with Crippen molar-refractivity contribution >= 4 is 16.9 Å². The Morgan fingerprint density at radius 1 is 1.40 bits per heavy atom. The van der Waals surface area contributed by atoms with Crippen LogP contribution in [0, 0.1) is 0 Å². The molecule has 2 rings (SSSR count). The normalized spacial score (nSPS) is 10.7. The van der Waals surface area contributed by atoms with Crippen molar-refractivity contribution < 1.29 is 0 Å². The molecule has 5 nitrogen and oxygen atoms in total. The summed E-state index contributed by atoms with van der Waals surface area (Å²) in [4.78, 5) is 8.10. The third-order valence-corrected chi connectivity index (χ3v) is 2.30. The standard InChI is InChI=1S/C10H15N5/c1-2-3-4-5-12-10-9-8(14-15-10)6-11-7-13-9/h6-7H,2-5H2,1H3,(H2,12,14,15). The van der Waals surface area contributed by atoms with Gasteiger partial charge in [-0.3, -0.25) is 5.10 Å². The minimum Gasteiger partial charge on any atom is -0.367 e. The van der Waals surface area contributed by atoms with Gasteiger partial charge in [-0.05, 0) is 6.42 Å². The molecule has 0 aromatic carbocycles. The summed E-state index contributed by atoms with van der Waals surface area (Å²) in [5.41, 5.74) is 1.73. The molecule has 0 saturated heterocycles. The Hall–Kier alpha value is -1.65. The van der Waals surface area contributed by atoms with Crippen molar-refractivity contribution in [2.45, 2.75) is 26.2 Å². The molecular formula is C10H15N5. The molecule has 0 aliphatic heterocycles. The highest BCUT2D eigenvalue weighted by Gasteiger charge is 2.04. The first-order chi connectivity index (χ1) is 7.42. The number of aromatic amines is 1. The molecule has 2 N–H and O–H groups in total. The van der Waals surface area contributed by atoms with Crippen molar-refractivity contribution in [1.29, 1.82) is 0 Å². The molecule has 2 aromatic heterocycles. The number of H-pyrrole nitrogens is 1. The van der Waals surface area contributed by atoms with E-state index in [1.54, 1.807) is 6.20 Å². The minimum atomic E-state index is 0.823. The monoisotopic (exact) mass is 205 g/mol. The van der Waals surface area contributed by atoms with Gasteiger partial charge in [-0.25, -0.2) is 9.97 Å². The molecule has 0 amide bonds. The van der Waals surface area contributed by atoms with Crippen LogP contribution < -0.4 is 5.32 Å². The van der Waals surface area contributed by atoms with E-state index in [1.807, 2.05) is 0 Å². The van der Waals surface area contributed by atoms with Gasteiger partial charge in [-0.15, -0.1) is 0 Å². The summed E-state index contributed by atoms with van der Waals surface area (Å²) < 4.78 is 0. The van der Waals surface area contributed by atoms with Crippen LogP contribution in [0.4, 0.5) is 5.82 Å². The van der Waals surface area contributed by atoms with Crippen molar-refractivity contribution in [3.8, 4) is 0 Å². The zero-order valence-electron chi connectivity index (χ0n) is 8.82. The van der Waals surface area contributed by atoms with Crippen LogP contribution in [0.2, 0.25) is 0 Å². The predicted molar refractivity (Wildman–Crippen MR) is 59.7 cm³/mol. The molecule has 0 atom stereocenters. The molecule has 0 spiro atoms. The molecule has 2 aromatic rings. The van der Waals surface area contributed by atoms with Crippen LogP contribution in [-0.4, -0.2) is 26.7 Å². The van der Waals surface area contributed by atoms with Crippen LogP contribution in [0.15, 0.2) is 12.5 Å². The van der Waals surface area contributed by atoms with E-state index in [-0.39, 0.29) is 0 Å². The molecule has 80 valence electrons. The maximum absolute atomic E-state index is 4.17. The van der Waals surface area contributed by atoms with E-state index in [9.17, 15) is 0 Å². The van der Waals surface area contributed by atoms with E-state index in [4.69, 9.17) is 0 Å². The van der Waals surface area contributed by atoms with Gasteiger partial charge in [0.2, 0.25) is 0 Å². The Labute approximate surface area is 88.3 Å². The molecular weight excluding hydrogens is 190 g/mol. The van der Waals surface area contributed by atoms with Gasteiger partial charge in [0.05, 0.1) is 6.20 Å². The van der Waals surface area contributed by atoms with Gasteiger partial charge in [0, 0.05) is 6.54 Å². The second-order valence-electron chi connectivity index (χ2n) is 3.49. The van der Waals surface area contributed by atoms with Gasteiger partial charge in [-0.1, -0.05) is 19.8 Å². The largest absolute Gasteiger partial charge is 0.367 e. The van der Waals surface area contributed by atoms with E-state index >= 15 is 0 Å². The smallest absolute Gasteiger partial charge is 0.174 e. The fourth-order valence-electron chi connectivity index (χ4n) is 1.47. The highest BCUT2D eigenvalue weighted by Crippen LogP contribution is 2.15. The Balaban J connectivity index is 2.02. The molecule has 0 bridgehead atoms. The SMILES string of the molecule is CCCCCNc1n[nH]c2cncnc12. The fourth-order valence-corrected chi connectivity index (χ4v) is 1.47. The maximum atomic E-state index is 4.17. The summed E-state index contributed by atoms with van der Waals surface area (Å²) in [5, 5.41) is 10.3. The van der Waals surface area contributed by atoms with Crippen molar-refractivity contribution in [2.24, 2.45) is 0 Å². The minimum absolute atomic E-state index is 0.823. The first kappa shape index (κ1) is 9.89. The zero-order valence-corrected chi connectivity index (χ0v) is 8.82. The van der Waals surface area contributed by atoms with Gasteiger partial charge in [0.1, 0.15) is 17.4 Å². The van der Waals surface area contributed by atoms with Crippen LogP contribution in [0.3, 0.4) is 0 Å². The summed E-state index contributed by atoms with van der Waals surface area (Å²) in [6, 6.07) is 0. The van der Waals surface area contributed by atoms with E-state index in [1.165, 1.54) is 19.2 Å². The van der Waals surface area contributed by atoms with Gasteiger partial charge in [0.15, 0.2) is 5.82 Å². The van der Waals surface area contributed by atoms with E-state index in [0.717, 1.165) is 29.8 Å². The highest BCUT2D eigenvalue weighted by atomic mass is 15.2. The van der Waals surface area contributed by atoms with Crippen LogP contribution in [0.25, 0.3) is 11.0 Å². The van der Waals surface area contributed by atoms with E-state index in [0.29, 0.717) is 0 Å². The second-order valence-corrected chi connectivity index (χ2v) is 3.49. The Kier molecular flexibility index (Phi) is 3.11. The lowest BCUT2D eigenvalue weighted by Gasteiger charge is -2.01. The molecule has 0 saturated carbocycles. The van der Waals surface area contributed by atoms with Crippen LogP contribution >= 0.6 is 0 Å². The number of nitrogens with zero attached hydrogens (tertiary/aromatic N) is 3. The highest BCUT2D eigenvalue weighted by molar-refractivity contribution is 5.84. The maximum Gasteiger partial charge on any atom is 0.174 e. The number of nitrogens with one attached hydrogen (secondary N) is 2. The number of aromatic nitrogens is 4. The van der Waals surface area contributed by atoms with Crippen LogP contribution in [0.1, 0.15) is 26.2 Å². The molecule has 0 unspecified atom stereocenters. The lowest BCUT2D eigenvalue weighted by atomic mass is 10.2. The molecule has 0 aliphatic rings. The molecule has 0 radical (unpaired) electrons. The number of hydrogen-bond donors (Lipinski definition) is 2. The Morgan fingerprint density at radius 2 is 2.33 bits per heavy atom. The van der Waals surface area contributed by atoms with Crippen molar-refractivity contribution in [3.63, 3.8) is 0 Å². The quantitative estimate of drug-likeness (QED) is 0.732.